The second kappa shape index (κ2) is 7.40. The summed E-state index contributed by atoms with van der Waals surface area (Å²) in [5.74, 6) is 2.11. The van der Waals surface area contributed by atoms with E-state index < -0.39 is 0 Å². The molecular formula is C18H19N7O2. The lowest BCUT2D eigenvalue weighted by Crippen LogP contribution is -2.52. The average molecular weight is 365 g/mol. The van der Waals surface area contributed by atoms with E-state index in [0.717, 1.165) is 17.3 Å². The normalized spacial score (nSPS) is 13.9. The monoisotopic (exact) mass is 365 g/mol. The smallest absolute Gasteiger partial charge is 0.231 e. The number of nitrogens with one attached hydrogen (secondary N) is 1. The van der Waals surface area contributed by atoms with Crippen LogP contribution in [0.4, 0.5) is 11.5 Å². The first-order chi connectivity index (χ1) is 13.2. The van der Waals surface area contributed by atoms with Crippen LogP contribution in [0.3, 0.4) is 0 Å². The van der Waals surface area contributed by atoms with Crippen LogP contribution in [0.15, 0.2) is 49.3 Å². The van der Waals surface area contributed by atoms with Crippen molar-refractivity contribution >= 4 is 17.4 Å². The summed E-state index contributed by atoms with van der Waals surface area (Å²) in [5, 5.41) is 7.00. The first-order valence-corrected chi connectivity index (χ1v) is 8.68. The average Bonchev–Trinajstić information content (AvgIpc) is 3.17. The van der Waals surface area contributed by atoms with Crippen molar-refractivity contribution in [2.75, 3.05) is 29.9 Å². The van der Waals surface area contributed by atoms with Gasteiger partial charge in [-0.25, -0.2) is 19.6 Å². The van der Waals surface area contributed by atoms with Gasteiger partial charge in [0.2, 0.25) is 5.91 Å². The maximum atomic E-state index is 12.4. The first-order valence-electron chi connectivity index (χ1n) is 8.68. The summed E-state index contributed by atoms with van der Waals surface area (Å²) < 4.78 is 6.97. The van der Waals surface area contributed by atoms with Gasteiger partial charge in [0, 0.05) is 24.8 Å². The minimum Gasteiger partial charge on any atom is -0.494 e. The zero-order valence-corrected chi connectivity index (χ0v) is 14.8. The predicted molar refractivity (Wildman–Crippen MR) is 98.9 cm³/mol. The molecule has 0 unspecified atom stereocenters. The highest BCUT2D eigenvalue weighted by atomic mass is 16.5. The van der Waals surface area contributed by atoms with E-state index in [9.17, 15) is 4.79 Å². The van der Waals surface area contributed by atoms with Gasteiger partial charge in [-0.2, -0.15) is 5.10 Å². The van der Waals surface area contributed by atoms with Crippen LogP contribution in [0.1, 0.15) is 6.92 Å². The molecule has 9 nitrogen and oxygen atoms in total. The third kappa shape index (κ3) is 3.71. The summed E-state index contributed by atoms with van der Waals surface area (Å²) >= 11 is 0. The van der Waals surface area contributed by atoms with E-state index >= 15 is 0 Å². The Morgan fingerprint density at radius 1 is 1.19 bits per heavy atom. The molecule has 0 spiro atoms. The summed E-state index contributed by atoms with van der Waals surface area (Å²) in [6, 6.07) is 9.20. The van der Waals surface area contributed by atoms with Gasteiger partial charge in [-0.05, 0) is 31.2 Å². The predicted octanol–water partition coefficient (Wildman–Crippen LogP) is 1.53. The molecule has 9 heteroatoms. The molecule has 3 heterocycles. The fraction of sp³-hybridized carbons (Fsp3) is 0.278. The van der Waals surface area contributed by atoms with Crippen molar-refractivity contribution in [1.82, 2.24) is 24.7 Å². The molecule has 1 aliphatic heterocycles. The number of hydrogen-bond acceptors (Lipinski definition) is 7. The highest BCUT2D eigenvalue weighted by Gasteiger charge is 2.33. The van der Waals surface area contributed by atoms with Gasteiger partial charge in [0.1, 0.15) is 30.5 Å². The van der Waals surface area contributed by atoms with Crippen LogP contribution < -0.4 is 15.0 Å². The number of carbonyl (C=O) groups excluding carboxylic acids is 1. The van der Waals surface area contributed by atoms with Crippen LogP contribution in [-0.4, -0.2) is 50.3 Å². The molecule has 1 aromatic carbocycles. The Morgan fingerprint density at radius 2 is 1.96 bits per heavy atom. The second-order valence-electron chi connectivity index (χ2n) is 6.12. The van der Waals surface area contributed by atoms with E-state index in [2.05, 4.69) is 25.4 Å². The van der Waals surface area contributed by atoms with Crippen LogP contribution >= 0.6 is 0 Å². The number of benzene rings is 1. The van der Waals surface area contributed by atoms with Crippen molar-refractivity contribution in [2.45, 2.75) is 6.92 Å². The minimum absolute atomic E-state index is 0.000894. The number of hydrogen-bond donors (Lipinski definition) is 1. The van der Waals surface area contributed by atoms with Gasteiger partial charge in [-0.1, -0.05) is 0 Å². The van der Waals surface area contributed by atoms with Crippen molar-refractivity contribution in [3.63, 3.8) is 0 Å². The Bertz CT molecular complexity index is 906. The van der Waals surface area contributed by atoms with Crippen LogP contribution in [0.2, 0.25) is 0 Å². The molecule has 0 aliphatic carbocycles. The quantitative estimate of drug-likeness (QED) is 0.707. The Labute approximate surface area is 156 Å². The SMILES string of the molecule is CCOc1ccc(NC(=O)C2CN(c3cc(-n4cncn4)ncn3)C2)cc1. The van der Waals surface area contributed by atoms with E-state index in [1.165, 1.54) is 12.7 Å². The van der Waals surface area contributed by atoms with Gasteiger partial charge in [-0.3, -0.25) is 4.79 Å². The Kier molecular flexibility index (Phi) is 4.65. The third-order valence-corrected chi connectivity index (χ3v) is 4.30. The fourth-order valence-corrected chi connectivity index (χ4v) is 2.84. The maximum absolute atomic E-state index is 12.4. The van der Waals surface area contributed by atoms with Crippen LogP contribution in [0.25, 0.3) is 5.82 Å². The molecule has 4 rings (SSSR count). The highest BCUT2D eigenvalue weighted by Crippen LogP contribution is 2.25. The number of aromatic nitrogens is 5. The molecule has 0 saturated carbocycles. The molecule has 1 N–H and O–H groups in total. The number of rotatable bonds is 6. The fourth-order valence-electron chi connectivity index (χ4n) is 2.84. The molecule has 3 aromatic rings. The summed E-state index contributed by atoms with van der Waals surface area (Å²) in [4.78, 5) is 26.8. The minimum atomic E-state index is -0.0821. The number of ether oxygens (including phenoxy) is 1. The van der Waals surface area contributed by atoms with Crippen molar-refractivity contribution in [1.29, 1.82) is 0 Å². The van der Waals surface area contributed by atoms with Crippen LogP contribution in [-0.2, 0) is 4.79 Å². The lowest BCUT2D eigenvalue weighted by Gasteiger charge is -2.39. The van der Waals surface area contributed by atoms with Gasteiger partial charge in [-0.15, -0.1) is 0 Å². The van der Waals surface area contributed by atoms with E-state index in [0.29, 0.717) is 25.5 Å². The largest absolute Gasteiger partial charge is 0.494 e. The van der Waals surface area contributed by atoms with Gasteiger partial charge in [0.05, 0.1) is 12.5 Å². The molecule has 1 fully saturated rings. The molecule has 138 valence electrons. The summed E-state index contributed by atoms with van der Waals surface area (Å²) in [6.07, 6.45) is 4.52. The molecule has 0 radical (unpaired) electrons. The molecule has 2 aromatic heterocycles. The molecule has 1 amide bonds. The third-order valence-electron chi connectivity index (χ3n) is 4.30. The number of amides is 1. The zero-order valence-electron chi connectivity index (χ0n) is 14.8. The van der Waals surface area contributed by atoms with E-state index in [1.807, 2.05) is 42.2 Å². The lowest BCUT2D eigenvalue weighted by atomic mass is 9.99. The van der Waals surface area contributed by atoms with Crippen molar-refractivity contribution < 1.29 is 9.53 Å². The maximum Gasteiger partial charge on any atom is 0.231 e. The number of carbonyl (C=O) groups is 1. The molecule has 1 saturated heterocycles. The Balaban J connectivity index is 1.34. The van der Waals surface area contributed by atoms with Crippen LogP contribution in [0, 0.1) is 5.92 Å². The summed E-state index contributed by atoms with van der Waals surface area (Å²) in [5.41, 5.74) is 0.761. The summed E-state index contributed by atoms with van der Waals surface area (Å²) in [6.45, 7) is 3.77. The molecular weight excluding hydrogens is 346 g/mol. The van der Waals surface area contributed by atoms with E-state index in [1.54, 1.807) is 11.0 Å². The standard InChI is InChI=1S/C18H19N7O2/c1-2-27-15-5-3-14(4-6-15)23-18(26)13-8-24(9-13)16-7-17(21-11-20-16)25-12-19-10-22-25/h3-7,10-13H,2,8-9H2,1H3,(H,23,26). The number of nitrogens with zero attached hydrogens (tertiary/aromatic N) is 6. The van der Waals surface area contributed by atoms with Crippen molar-refractivity contribution in [2.24, 2.45) is 5.92 Å². The molecule has 1 aliphatic rings. The Morgan fingerprint density at radius 3 is 2.67 bits per heavy atom. The topological polar surface area (TPSA) is 98.1 Å². The van der Waals surface area contributed by atoms with Crippen LogP contribution in [0.5, 0.6) is 5.75 Å². The lowest BCUT2D eigenvalue weighted by molar-refractivity contribution is -0.120. The van der Waals surface area contributed by atoms with Gasteiger partial charge < -0.3 is 15.0 Å². The van der Waals surface area contributed by atoms with Gasteiger partial charge in [0.25, 0.3) is 0 Å². The Hall–Kier alpha value is -3.49. The van der Waals surface area contributed by atoms with E-state index in [-0.39, 0.29) is 11.8 Å². The van der Waals surface area contributed by atoms with Crippen molar-refractivity contribution in [3.8, 4) is 11.6 Å². The van der Waals surface area contributed by atoms with Gasteiger partial charge >= 0.3 is 0 Å². The summed E-state index contributed by atoms with van der Waals surface area (Å²) in [7, 11) is 0. The second-order valence-corrected chi connectivity index (χ2v) is 6.12. The molecule has 0 atom stereocenters. The van der Waals surface area contributed by atoms with Gasteiger partial charge in [0.15, 0.2) is 5.82 Å². The van der Waals surface area contributed by atoms with E-state index in [4.69, 9.17) is 4.74 Å². The zero-order chi connectivity index (χ0) is 18.6. The van der Waals surface area contributed by atoms with Crippen molar-refractivity contribution in [3.05, 3.63) is 49.3 Å². The molecule has 27 heavy (non-hydrogen) atoms. The highest BCUT2D eigenvalue weighted by molar-refractivity contribution is 5.94. The number of anilines is 2. The first kappa shape index (κ1) is 17.0. The molecule has 0 bridgehead atoms.